The van der Waals surface area contributed by atoms with Crippen LogP contribution in [-0.4, -0.2) is 24.8 Å². The Morgan fingerprint density at radius 3 is 2.62 bits per heavy atom. The smallest absolute Gasteiger partial charge is 0.412 e. The summed E-state index contributed by atoms with van der Waals surface area (Å²) in [6.07, 6.45) is 1.69. The molecule has 1 saturated heterocycles. The summed E-state index contributed by atoms with van der Waals surface area (Å²) in [7, 11) is 0. The van der Waals surface area contributed by atoms with E-state index in [-0.39, 0.29) is 0 Å². The van der Waals surface area contributed by atoms with Crippen LogP contribution in [0.3, 0.4) is 0 Å². The number of piperidine rings is 1. The molecule has 0 atom stereocenters. The van der Waals surface area contributed by atoms with Gasteiger partial charge in [-0.25, -0.2) is 4.79 Å². The molecule has 0 aliphatic carbocycles. The van der Waals surface area contributed by atoms with E-state index < -0.39 is 11.7 Å². The monoisotopic (exact) mass is 310 g/mol. The Morgan fingerprint density at radius 2 is 2.00 bits per heavy atom. The van der Waals surface area contributed by atoms with Crippen molar-refractivity contribution < 1.29 is 9.53 Å². The van der Waals surface area contributed by atoms with Crippen LogP contribution in [-0.2, 0) is 4.74 Å². The van der Waals surface area contributed by atoms with Crippen molar-refractivity contribution in [2.45, 2.75) is 45.1 Å². The minimum absolute atomic E-state index is 0.443. The van der Waals surface area contributed by atoms with Gasteiger partial charge in [-0.2, -0.15) is 0 Å². The molecule has 2 N–H and O–H groups in total. The number of rotatable bonds is 2. The predicted octanol–water partition coefficient (Wildman–Crippen LogP) is 4.15. The molecule has 116 valence electrons. The van der Waals surface area contributed by atoms with Gasteiger partial charge in [-0.15, -0.1) is 0 Å². The summed E-state index contributed by atoms with van der Waals surface area (Å²) in [6, 6.07) is 5.60. The van der Waals surface area contributed by atoms with Crippen LogP contribution in [0.1, 0.15) is 45.1 Å². The average Bonchev–Trinajstić information content (AvgIpc) is 2.40. The number of carbonyl (C=O) groups is 1. The number of hydrogen-bond donors (Lipinski definition) is 2. The van der Waals surface area contributed by atoms with Crippen molar-refractivity contribution in [2.75, 3.05) is 18.4 Å². The van der Waals surface area contributed by atoms with Crippen molar-refractivity contribution in [1.29, 1.82) is 0 Å². The summed E-state index contributed by atoms with van der Waals surface area (Å²) < 4.78 is 5.26. The molecule has 4 nitrogen and oxygen atoms in total. The molecule has 1 aromatic rings. The van der Waals surface area contributed by atoms with E-state index in [1.165, 1.54) is 0 Å². The number of hydrogen-bond acceptors (Lipinski definition) is 3. The number of nitrogens with one attached hydrogen (secondary N) is 2. The number of anilines is 1. The van der Waals surface area contributed by atoms with Crippen molar-refractivity contribution in [3.63, 3.8) is 0 Å². The molecular formula is C16H23ClN2O2. The van der Waals surface area contributed by atoms with Crippen LogP contribution in [0, 0.1) is 0 Å². The van der Waals surface area contributed by atoms with Crippen molar-refractivity contribution in [1.82, 2.24) is 5.32 Å². The van der Waals surface area contributed by atoms with Crippen LogP contribution in [0.15, 0.2) is 18.2 Å². The van der Waals surface area contributed by atoms with Gasteiger partial charge in [0.1, 0.15) is 5.60 Å². The molecule has 1 fully saturated rings. The summed E-state index contributed by atoms with van der Waals surface area (Å²) in [6.45, 7) is 7.54. The molecule has 0 radical (unpaired) electrons. The molecule has 0 aromatic heterocycles. The van der Waals surface area contributed by atoms with Gasteiger partial charge in [0.05, 0.1) is 0 Å². The Morgan fingerprint density at radius 1 is 1.33 bits per heavy atom. The number of carbonyl (C=O) groups excluding carboxylic acids is 1. The highest BCUT2D eigenvalue weighted by Gasteiger charge is 2.20. The summed E-state index contributed by atoms with van der Waals surface area (Å²) in [5.74, 6) is 0.444. The second-order valence-corrected chi connectivity index (χ2v) is 6.79. The second-order valence-electron chi connectivity index (χ2n) is 6.39. The maximum Gasteiger partial charge on any atom is 0.412 e. The van der Waals surface area contributed by atoms with Gasteiger partial charge in [0.2, 0.25) is 0 Å². The van der Waals surface area contributed by atoms with Crippen LogP contribution >= 0.6 is 11.6 Å². The first-order valence-corrected chi connectivity index (χ1v) is 7.73. The number of benzene rings is 1. The fourth-order valence-corrected chi connectivity index (χ4v) is 2.76. The second kappa shape index (κ2) is 6.67. The molecule has 1 aromatic carbocycles. The largest absolute Gasteiger partial charge is 0.444 e. The number of halogens is 1. The fourth-order valence-electron chi connectivity index (χ4n) is 2.49. The van der Waals surface area contributed by atoms with Crippen LogP contribution in [0.4, 0.5) is 10.5 Å². The van der Waals surface area contributed by atoms with Gasteiger partial charge in [0.25, 0.3) is 0 Å². The highest BCUT2D eigenvalue weighted by Crippen LogP contribution is 2.33. The molecule has 5 heteroatoms. The maximum atomic E-state index is 11.8. The quantitative estimate of drug-likeness (QED) is 0.862. The first kappa shape index (κ1) is 16.1. The topological polar surface area (TPSA) is 50.4 Å². The zero-order valence-electron chi connectivity index (χ0n) is 12.8. The lowest BCUT2D eigenvalue weighted by Crippen LogP contribution is -2.28. The minimum Gasteiger partial charge on any atom is -0.444 e. The summed E-state index contributed by atoms with van der Waals surface area (Å²) >= 11 is 6.31. The van der Waals surface area contributed by atoms with E-state index in [0.717, 1.165) is 42.2 Å². The van der Waals surface area contributed by atoms with E-state index in [4.69, 9.17) is 16.3 Å². The van der Waals surface area contributed by atoms with Gasteiger partial charge in [0.15, 0.2) is 0 Å². The molecule has 1 aliphatic rings. The van der Waals surface area contributed by atoms with Gasteiger partial charge < -0.3 is 10.1 Å². The van der Waals surface area contributed by atoms with Crippen molar-refractivity contribution in [3.05, 3.63) is 28.8 Å². The lowest BCUT2D eigenvalue weighted by molar-refractivity contribution is 0.0636. The first-order chi connectivity index (χ1) is 9.85. The van der Waals surface area contributed by atoms with E-state index in [0.29, 0.717) is 5.92 Å². The molecule has 0 spiro atoms. The zero-order valence-corrected chi connectivity index (χ0v) is 13.6. The predicted molar refractivity (Wildman–Crippen MR) is 86.2 cm³/mol. The van der Waals surface area contributed by atoms with Crippen LogP contribution in [0.2, 0.25) is 5.02 Å². The fraction of sp³-hybridized carbons (Fsp3) is 0.562. The molecule has 0 unspecified atom stereocenters. The van der Waals surface area contributed by atoms with Gasteiger partial charge in [-0.05, 0) is 76.4 Å². The molecular weight excluding hydrogens is 288 g/mol. The normalized spacial score (nSPS) is 16.6. The van der Waals surface area contributed by atoms with Crippen molar-refractivity contribution in [3.8, 4) is 0 Å². The third-order valence-corrected chi connectivity index (χ3v) is 3.76. The summed E-state index contributed by atoms with van der Waals surface area (Å²) in [5.41, 5.74) is 1.32. The van der Waals surface area contributed by atoms with Gasteiger partial charge >= 0.3 is 6.09 Å². The molecule has 1 heterocycles. The lowest BCUT2D eigenvalue weighted by Gasteiger charge is -2.24. The van der Waals surface area contributed by atoms with E-state index in [1.54, 1.807) is 6.07 Å². The summed E-state index contributed by atoms with van der Waals surface area (Å²) in [4.78, 5) is 11.8. The highest BCUT2D eigenvalue weighted by atomic mass is 35.5. The molecule has 21 heavy (non-hydrogen) atoms. The third-order valence-electron chi connectivity index (χ3n) is 3.42. The summed E-state index contributed by atoms with van der Waals surface area (Å²) in [5, 5.41) is 6.87. The lowest BCUT2D eigenvalue weighted by atomic mass is 9.90. The standard InChI is InChI=1S/C16H23ClN2O2/c1-16(2,3)21-15(20)19-12-4-5-14(17)13(10-12)11-6-8-18-9-7-11/h4-5,10-11,18H,6-9H2,1-3H3,(H,19,20). The zero-order chi connectivity index (χ0) is 15.5. The molecule has 2 rings (SSSR count). The maximum absolute atomic E-state index is 11.8. The SMILES string of the molecule is CC(C)(C)OC(=O)Nc1ccc(Cl)c(C2CCNCC2)c1. The van der Waals surface area contributed by atoms with E-state index in [2.05, 4.69) is 10.6 Å². The third kappa shape index (κ3) is 4.90. The minimum atomic E-state index is -0.506. The molecule has 1 amide bonds. The highest BCUT2D eigenvalue weighted by molar-refractivity contribution is 6.31. The van der Waals surface area contributed by atoms with Crippen LogP contribution < -0.4 is 10.6 Å². The van der Waals surface area contributed by atoms with Gasteiger partial charge in [-0.3, -0.25) is 5.32 Å². The van der Waals surface area contributed by atoms with Crippen LogP contribution in [0.5, 0.6) is 0 Å². The van der Waals surface area contributed by atoms with Gasteiger partial charge in [0, 0.05) is 10.7 Å². The Balaban J connectivity index is 2.09. The Bertz CT molecular complexity index is 505. The van der Waals surface area contributed by atoms with Crippen molar-refractivity contribution >= 4 is 23.4 Å². The van der Waals surface area contributed by atoms with Crippen molar-refractivity contribution in [2.24, 2.45) is 0 Å². The average molecular weight is 311 g/mol. The Hall–Kier alpha value is -1.26. The number of ether oxygens (including phenoxy) is 1. The molecule has 0 bridgehead atoms. The van der Waals surface area contributed by atoms with Crippen LogP contribution in [0.25, 0.3) is 0 Å². The molecule has 1 aliphatic heterocycles. The Kier molecular flexibility index (Phi) is 5.12. The van der Waals surface area contributed by atoms with E-state index >= 15 is 0 Å². The first-order valence-electron chi connectivity index (χ1n) is 7.35. The van der Waals surface area contributed by atoms with Gasteiger partial charge in [-0.1, -0.05) is 11.6 Å². The Labute approximate surface area is 131 Å². The molecule has 0 saturated carbocycles. The van der Waals surface area contributed by atoms with E-state index in [9.17, 15) is 4.79 Å². The van der Waals surface area contributed by atoms with E-state index in [1.807, 2.05) is 32.9 Å². The number of amides is 1.